The zero-order valence-corrected chi connectivity index (χ0v) is 16.0. The van der Waals surface area contributed by atoms with Crippen LogP contribution in [0.25, 0.3) is 0 Å². The molecule has 2 N–H and O–H groups in total. The van der Waals surface area contributed by atoms with Crippen LogP contribution < -0.4 is 5.73 Å². The molecule has 2 aromatic heterocycles. The molecule has 8 heteroatoms. The van der Waals surface area contributed by atoms with Crippen molar-refractivity contribution >= 4 is 5.82 Å². The minimum atomic E-state index is -0.0375. The Morgan fingerprint density at radius 1 is 1.15 bits per heavy atom. The number of piperidine rings is 1. The van der Waals surface area contributed by atoms with Crippen LogP contribution >= 0.6 is 0 Å². The van der Waals surface area contributed by atoms with E-state index in [9.17, 15) is 0 Å². The number of pyridine rings is 1. The Morgan fingerprint density at radius 2 is 2.00 bits per heavy atom. The maximum atomic E-state index is 6.28. The molecule has 0 aromatic carbocycles. The van der Waals surface area contributed by atoms with Gasteiger partial charge >= 0.3 is 0 Å². The smallest absolute Gasteiger partial charge is 0.140 e. The molecular weight excluding hydrogens is 342 g/mol. The molecule has 2 aliphatic rings. The SMILES string of the molecule is CCn1ncnc1CN1CCC2(CC1)CN(Cc1cccnc1N)CCO2. The topological polar surface area (TPSA) is 85.3 Å². The molecule has 2 fully saturated rings. The predicted molar refractivity (Wildman–Crippen MR) is 103 cm³/mol. The second-order valence-corrected chi connectivity index (χ2v) is 7.56. The first-order valence-electron chi connectivity index (χ1n) is 9.82. The van der Waals surface area contributed by atoms with Gasteiger partial charge in [-0.1, -0.05) is 6.07 Å². The molecule has 0 bridgehead atoms. The molecular formula is C19H29N7O. The number of nitrogens with zero attached hydrogens (tertiary/aromatic N) is 6. The highest BCUT2D eigenvalue weighted by atomic mass is 16.5. The molecule has 8 nitrogen and oxygen atoms in total. The Kier molecular flexibility index (Phi) is 5.38. The third-order valence-corrected chi connectivity index (χ3v) is 5.78. The first-order chi connectivity index (χ1) is 13.2. The van der Waals surface area contributed by atoms with Gasteiger partial charge in [0, 0.05) is 51.0 Å². The maximum Gasteiger partial charge on any atom is 0.140 e. The van der Waals surface area contributed by atoms with Gasteiger partial charge in [-0.3, -0.25) is 9.80 Å². The average Bonchev–Trinajstić information content (AvgIpc) is 3.13. The van der Waals surface area contributed by atoms with Crippen molar-refractivity contribution in [1.82, 2.24) is 29.5 Å². The first kappa shape index (κ1) is 18.3. The fourth-order valence-corrected chi connectivity index (χ4v) is 4.18. The minimum absolute atomic E-state index is 0.0375. The van der Waals surface area contributed by atoms with Crippen LogP contribution in [0, 0.1) is 0 Å². The van der Waals surface area contributed by atoms with Gasteiger partial charge in [0.2, 0.25) is 0 Å². The quantitative estimate of drug-likeness (QED) is 0.843. The van der Waals surface area contributed by atoms with Crippen molar-refractivity contribution in [1.29, 1.82) is 0 Å². The van der Waals surface area contributed by atoms with Gasteiger partial charge < -0.3 is 10.5 Å². The Balaban J connectivity index is 1.34. The lowest BCUT2D eigenvalue weighted by Crippen LogP contribution is -2.56. The van der Waals surface area contributed by atoms with Gasteiger partial charge in [-0.2, -0.15) is 5.10 Å². The number of hydrogen-bond acceptors (Lipinski definition) is 7. The van der Waals surface area contributed by atoms with Gasteiger partial charge in [-0.05, 0) is 25.8 Å². The highest BCUT2D eigenvalue weighted by Gasteiger charge is 2.39. The summed E-state index contributed by atoms with van der Waals surface area (Å²) in [4.78, 5) is 13.5. The lowest BCUT2D eigenvalue weighted by Gasteiger charge is -2.47. The first-order valence-corrected chi connectivity index (χ1v) is 9.82. The van der Waals surface area contributed by atoms with Gasteiger partial charge in [-0.15, -0.1) is 0 Å². The lowest BCUT2D eigenvalue weighted by atomic mass is 9.89. The Morgan fingerprint density at radius 3 is 2.78 bits per heavy atom. The van der Waals surface area contributed by atoms with Crippen LogP contribution in [0.5, 0.6) is 0 Å². The molecule has 2 aliphatic heterocycles. The monoisotopic (exact) mass is 371 g/mol. The van der Waals surface area contributed by atoms with Crippen LogP contribution in [0.1, 0.15) is 31.2 Å². The minimum Gasteiger partial charge on any atom is -0.383 e. The van der Waals surface area contributed by atoms with Crippen LogP contribution in [0.3, 0.4) is 0 Å². The van der Waals surface area contributed by atoms with E-state index in [2.05, 4.69) is 37.9 Å². The standard InChI is InChI=1S/C19H29N7O/c1-2-26-17(22-15-23-26)13-24-8-5-19(6-9-24)14-25(10-11-27-19)12-16-4-3-7-21-18(16)20/h3-4,7,15H,2,5-6,8-14H2,1H3,(H2,20,21). The normalized spacial score (nSPS) is 20.9. The van der Waals surface area contributed by atoms with E-state index in [0.717, 1.165) is 76.6 Å². The van der Waals surface area contributed by atoms with Crippen LogP contribution in [-0.2, 0) is 24.4 Å². The Labute approximate surface area is 160 Å². The molecule has 0 radical (unpaired) electrons. The summed E-state index contributed by atoms with van der Waals surface area (Å²) in [5.74, 6) is 1.68. The van der Waals surface area contributed by atoms with Crippen molar-refractivity contribution in [2.24, 2.45) is 0 Å². The summed E-state index contributed by atoms with van der Waals surface area (Å²) < 4.78 is 8.26. The summed E-state index contributed by atoms with van der Waals surface area (Å²) in [7, 11) is 0. The lowest BCUT2D eigenvalue weighted by molar-refractivity contribution is -0.138. The number of hydrogen-bond donors (Lipinski definition) is 1. The number of likely N-dealkylation sites (tertiary alicyclic amines) is 1. The van der Waals surface area contributed by atoms with E-state index in [4.69, 9.17) is 10.5 Å². The largest absolute Gasteiger partial charge is 0.383 e. The molecule has 2 aromatic rings. The van der Waals surface area contributed by atoms with E-state index >= 15 is 0 Å². The zero-order valence-electron chi connectivity index (χ0n) is 16.0. The molecule has 0 amide bonds. The number of ether oxygens (including phenoxy) is 1. The van der Waals surface area contributed by atoms with E-state index < -0.39 is 0 Å². The van der Waals surface area contributed by atoms with Gasteiger partial charge in [0.25, 0.3) is 0 Å². The van der Waals surface area contributed by atoms with Gasteiger partial charge in [-0.25, -0.2) is 14.6 Å². The Bertz CT molecular complexity index is 754. The van der Waals surface area contributed by atoms with Gasteiger partial charge in [0.1, 0.15) is 18.0 Å². The number of anilines is 1. The second-order valence-electron chi connectivity index (χ2n) is 7.56. The fraction of sp³-hybridized carbons (Fsp3) is 0.632. The molecule has 146 valence electrons. The summed E-state index contributed by atoms with van der Waals surface area (Å²) in [6.07, 6.45) is 5.49. The van der Waals surface area contributed by atoms with Crippen molar-refractivity contribution in [3.8, 4) is 0 Å². The van der Waals surface area contributed by atoms with Gasteiger partial charge in [0.15, 0.2) is 0 Å². The summed E-state index contributed by atoms with van der Waals surface area (Å²) in [5.41, 5.74) is 7.09. The van der Waals surface area contributed by atoms with Crippen LogP contribution in [0.2, 0.25) is 0 Å². The molecule has 0 saturated carbocycles. The third kappa shape index (κ3) is 4.12. The van der Waals surface area contributed by atoms with E-state index in [1.807, 2.05) is 10.7 Å². The molecule has 4 heterocycles. The average molecular weight is 371 g/mol. The highest BCUT2D eigenvalue weighted by molar-refractivity contribution is 5.38. The summed E-state index contributed by atoms with van der Waals surface area (Å²) in [6.45, 7) is 9.41. The third-order valence-electron chi connectivity index (χ3n) is 5.78. The van der Waals surface area contributed by atoms with E-state index in [1.54, 1.807) is 12.5 Å². The van der Waals surface area contributed by atoms with Gasteiger partial charge in [0.05, 0.1) is 18.8 Å². The number of rotatable bonds is 5. The highest BCUT2D eigenvalue weighted by Crippen LogP contribution is 2.31. The zero-order chi connectivity index (χ0) is 18.7. The summed E-state index contributed by atoms with van der Waals surface area (Å²) in [6, 6.07) is 4.02. The predicted octanol–water partition coefficient (Wildman–Crippen LogP) is 1.14. The van der Waals surface area contributed by atoms with Crippen molar-refractivity contribution in [2.75, 3.05) is 38.5 Å². The summed E-state index contributed by atoms with van der Waals surface area (Å²) >= 11 is 0. The number of aryl methyl sites for hydroxylation is 1. The Hall–Kier alpha value is -2.03. The fourth-order valence-electron chi connectivity index (χ4n) is 4.18. The second kappa shape index (κ2) is 7.92. The van der Waals surface area contributed by atoms with Crippen LogP contribution in [0.4, 0.5) is 5.82 Å². The van der Waals surface area contributed by atoms with E-state index in [-0.39, 0.29) is 5.60 Å². The van der Waals surface area contributed by atoms with Crippen molar-refractivity contribution < 1.29 is 4.74 Å². The maximum absolute atomic E-state index is 6.28. The van der Waals surface area contributed by atoms with E-state index in [1.165, 1.54) is 0 Å². The molecule has 2 saturated heterocycles. The van der Waals surface area contributed by atoms with Crippen molar-refractivity contribution in [3.63, 3.8) is 0 Å². The number of nitrogen functional groups attached to an aromatic ring is 1. The van der Waals surface area contributed by atoms with Crippen LogP contribution in [0.15, 0.2) is 24.7 Å². The molecule has 4 rings (SSSR count). The van der Waals surface area contributed by atoms with Crippen molar-refractivity contribution in [3.05, 3.63) is 36.0 Å². The number of aromatic nitrogens is 4. The summed E-state index contributed by atoms with van der Waals surface area (Å²) in [5, 5.41) is 4.27. The molecule has 27 heavy (non-hydrogen) atoms. The van der Waals surface area contributed by atoms with Crippen molar-refractivity contribution in [2.45, 2.75) is 45.0 Å². The van der Waals surface area contributed by atoms with Crippen LogP contribution in [-0.4, -0.2) is 67.9 Å². The van der Waals surface area contributed by atoms with E-state index in [0.29, 0.717) is 5.82 Å². The number of nitrogens with two attached hydrogens (primary N) is 1. The molecule has 0 atom stereocenters. The molecule has 1 spiro atoms. The molecule has 0 unspecified atom stereocenters. The molecule has 0 aliphatic carbocycles. The number of morpholine rings is 1.